The van der Waals surface area contributed by atoms with Crippen LogP contribution in [0.2, 0.25) is 0 Å². The highest BCUT2D eigenvalue weighted by Gasteiger charge is 2.20. The van der Waals surface area contributed by atoms with Crippen molar-refractivity contribution in [2.24, 2.45) is 0 Å². The summed E-state index contributed by atoms with van der Waals surface area (Å²) in [5.41, 5.74) is 1.32. The smallest absolute Gasteiger partial charge is 0.122 e. The van der Waals surface area contributed by atoms with Crippen LogP contribution in [-0.2, 0) is 6.42 Å². The standard InChI is InChI=1S/C16H19NO/c1-18-16-9-6-12-4-2-3-5-14(12)15(16)10-11-17-13-7-8-13/h2-6,9,13,17H,7-8,10-11H2,1H3. The van der Waals surface area contributed by atoms with Crippen LogP contribution in [0.25, 0.3) is 10.8 Å². The maximum absolute atomic E-state index is 5.50. The van der Waals surface area contributed by atoms with Gasteiger partial charge >= 0.3 is 0 Å². The summed E-state index contributed by atoms with van der Waals surface area (Å²) in [5.74, 6) is 1.01. The van der Waals surface area contributed by atoms with Crippen LogP contribution in [0.15, 0.2) is 36.4 Å². The molecular weight excluding hydrogens is 222 g/mol. The Balaban J connectivity index is 1.89. The van der Waals surface area contributed by atoms with Gasteiger partial charge in [0.1, 0.15) is 5.75 Å². The fourth-order valence-corrected chi connectivity index (χ4v) is 2.45. The summed E-state index contributed by atoms with van der Waals surface area (Å²) in [6.07, 6.45) is 3.71. The molecule has 0 heterocycles. The summed E-state index contributed by atoms with van der Waals surface area (Å²) < 4.78 is 5.50. The summed E-state index contributed by atoms with van der Waals surface area (Å²) in [5, 5.41) is 6.17. The van der Waals surface area contributed by atoms with E-state index in [4.69, 9.17) is 4.74 Å². The van der Waals surface area contributed by atoms with Crippen LogP contribution >= 0.6 is 0 Å². The molecule has 1 aliphatic rings. The fourth-order valence-electron chi connectivity index (χ4n) is 2.45. The van der Waals surface area contributed by atoms with Crippen LogP contribution in [0.1, 0.15) is 18.4 Å². The minimum atomic E-state index is 0.769. The molecule has 0 saturated heterocycles. The van der Waals surface area contributed by atoms with Crippen LogP contribution in [0.4, 0.5) is 0 Å². The van der Waals surface area contributed by atoms with Crippen molar-refractivity contribution in [1.82, 2.24) is 5.32 Å². The van der Waals surface area contributed by atoms with Crippen LogP contribution in [-0.4, -0.2) is 19.7 Å². The molecule has 0 unspecified atom stereocenters. The van der Waals surface area contributed by atoms with E-state index in [2.05, 4.69) is 41.7 Å². The molecule has 2 aromatic rings. The third-order valence-corrected chi connectivity index (χ3v) is 3.60. The number of hydrogen-bond donors (Lipinski definition) is 1. The molecule has 0 atom stereocenters. The largest absolute Gasteiger partial charge is 0.496 e. The molecule has 94 valence electrons. The van der Waals surface area contributed by atoms with Crippen molar-refractivity contribution in [3.63, 3.8) is 0 Å². The first-order valence-corrected chi connectivity index (χ1v) is 6.66. The van der Waals surface area contributed by atoms with Gasteiger partial charge in [0.2, 0.25) is 0 Å². The monoisotopic (exact) mass is 241 g/mol. The Bertz CT molecular complexity index is 546. The SMILES string of the molecule is COc1ccc2ccccc2c1CCNC1CC1. The summed E-state index contributed by atoms with van der Waals surface area (Å²) in [7, 11) is 1.75. The second kappa shape index (κ2) is 4.99. The summed E-state index contributed by atoms with van der Waals surface area (Å²) in [4.78, 5) is 0. The lowest BCUT2D eigenvalue weighted by molar-refractivity contribution is 0.410. The van der Waals surface area contributed by atoms with Crippen molar-refractivity contribution in [3.8, 4) is 5.75 Å². The van der Waals surface area contributed by atoms with E-state index >= 15 is 0 Å². The highest BCUT2D eigenvalue weighted by Crippen LogP contribution is 2.28. The molecule has 2 nitrogen and oxygen atoms in total. The molecule has 2 aromatic carbocycles. The average Bonchev–Trinajstić information content (AvgIpc) is 3.23. The van der Waals surface area contributed by atoms with Gasteiger partial charge in [0.25, 0.3) is 0 Å². The van der Waals surface area contributed by atoms with Gasteiger partial charge in [0.05, 0.1) is 7.11 Å². The van der Waals surface area contributed by atoms with E-state index in [0.29, 0.717) is 0 Å². The predicted molar refractivity (Wildman–Crippen MR) is 75.2 cm³/mol. The third kappa shape index (κ3) is 2.34. The van der Waals surface area contributed by atoms with Crippen molar-refractivity contribution in [3.05, 3.63) is 42.0 Å². The van der Waals surface area contributed by atoms with E-state index in [1.54, 1.807) is 7.11 Å². The lowest BCUT2D eigenvalue weighted by Gasteiger charge is -2.12. The Hall–Kier alpha value is -1.54. The van der Waals surface area contributed by atoms with Gasteiger partial charge in [0, 0.05) is 11.6 Å². The van der Waals surface area contributed by atoms with Gasteiger partial charge in [0.15, 0.2) is 0 Å². The molecule has 0 radical (unpaired) electrons. The molecule has 2 heteroatoms. The number of nitrogens with one attached hydrogen (secondary N) is 1. The topological polar surface area (TPSA) is 21.3 Å². The maximum atomic E-state index is 5.50. The van der Waals surface area contributed by atoms with Crippen molar-refractivity contribution in [1.29, 1.82) is 0 Å². The van der Waals surface area contributed by atoms with Crippen molar-refractivity contribution in [2.75, 3.05) is 13.7 Å². The zero-order valence-electron chi connectivity index (χ0n) is 10.8. The quantitative estimate of drug-likeness (QED) is 0.868. The van der Waals surface area contributed by atoms with Crippen molar-refractivity contribution >= 4 is 10.8 Å². The van der Waals surface area contributed by atoms with E-state index in [9.17, 15) is 0 Å². The molecule has 18 heavy (non-hydrogen) atoms. The van der Waals surface area contributed by atoms with Crippen LogP contribution in [0.3, 0.4) is 0 Å². The Labute approximate surface area is 108 Å². The minimum absolute atomic E-state index is 0.769. The minimum Gasteiger partial charge on any atom is -0.496 e. The van der Waals surface area contributed by atoms with Gasteiger partial charge in [-0.15, -0.1) is 0 Å². The van der Waals surface area contributed by atoms with Crippen LogP contribution < -0.4 is 10.1 Å². The number of rotatable bonds is 5. The Morgan fingerprint density at radius 1 is 1.17 bits per heavy atom. The zero-order valence-corrected chi connectivity index (χ0v) is 10.8. The molecule has 1 fully saturated rings. The Morgan fingerprint density at radius 3 is 2.78 bits per heavy atom. The first-order valence-electron chi connectivity index (χ1n) is 6.66. The summed E-state index contributed by atoms with van der Waals surface area (Å²) >= 11 is 0. The van der Waals surface area contributed by atoms with Gasteiger partial charge in [-0.2, -0.15) is 0 Å². The number of benzene rings is 2. The normalized spacial score (nSPS) is 14.9. The highest BCUT2D eigenvalue weighted by molar-refractivity contribution is 5.87. The third-order valence-electron chi connectivity index (χ3n) is 3.60. The highest BCUT2D eigenvalue weighted by atomic mass is 16.5. The molecule has 0 amide bonds. The molecule has 0 aromatic heterocycles. The van der Waals surface area contributed by atoms with Gasteiger partial charge < -0.3 is 10.1 Å². The van der Waals surface area contributed by atoms with Crippen LogP contribution in [0, 0.1) is 0 Å². The zero-order chi connectivity index (χ0) is 12.4. The van der Waals surface area contributed by atoms with E-state index in [-0.39, 0.29) is 0 Å². The average molecular weight is 241 g/mol. The Morgan fingerprint density at radius 2 is 2.00 bits per heavy atom. The Kier molecular flexibility index (Phi) is 3.20. The first kappa shape index (κ1) is 11.5. The summed E-state index contributed by atoms with van der Waals surface area (Å²) in [6.45, 7) is 1.04. The molecule has 0 spiro atoms. The van der Waals surface area contributed by atoms with E-state index < -0.39 is 0 Å². The van der Waals surface area contributed by atoms with Crippen molar-refractivity contribution in [2.45, 2.75) is 25.3 Å². The number of fused-ring (bicyclic) bond motifs is 1. The molecule has 1 aliphatic carbocycles. The number of ether oxygens (including phenoxy) is 1. The van der Waals surface area contributed by atoms with Gasteiger partial charge in [-0.25, -0.2) is 0 Å². The summed E-state index contributed by atoms with van der Waals surface area (Å²) in [6, 6.07) is 13.5. The van der Waals surface area contributed by atoms with Crippen molar-refractivity contribution < 1.29 is 4.74 Å². The molecule has 3 rings (SSSR count). The second-order valence-corrected chi connectivity index (χ2v) is 4.95. The molecule has 0 bridgehead atoms. The predicted octanol–water partition coefficient (Wildman–Crippen LogP) is 3.14. The molecule has 1 saturated carbocycles. The lowest BCUT2D eigenvalue weighted by Crippen LogP contribution is -2.19. The fraction of sp³-hybridized carbons (Fsp3) is 0.375. The lowest BCUT2D eigenvalue weighted by atomic mass is 10.0. The maximum Gasteiger partial charge on any atom is 0.122 e. The van der Waals surface area contributed by atoms with E-state index in [1.807, 2.05) is 0 Å². The van der Waals surface area contributed by atoms with Gasteiger partial charge in [-0.3, -0.25) is 0 Å². The molecule has 1 N–H and O–H groups in total. The van der Waals surface area contributed by atoms with E-state index in [1.165, 1.54) is 29.2 Å². The van der Waals surface area contributed by atoms with E-state index in [0.717, 1.165) is 24.8 Å². The van der Waals surface area contributed by atoms with Crippen LogP contribution in [0.5, 0.6) is 5.75 Å². The second-order valence-electron chi connectivity index (χ2n) is 4.95. The molecule has 0 aliphatic heterocycles. The number of hydrogen-bond acceptors (Lipinski definition) is 2. The number of methoxy groups -OCH3 is 1. The van der Waals surface area contributed by atoms with Gasteiger partial charge in [-0.05, 0) is 42.6 Å². The first-order chi connectivity index (χ1) is 8.88. The van der Waals surface area contributed by atoms with Gasteiger partial charge in [-0.1, -0.05) is 30.3 Å². The molecular formula is C16H19NO.